The molecule has 0 saturated heterocycles. The summed E-state index contributed by atoms with van der Waals surface area (Å²) in [4.78, 5) is 17.7. The molecule has 0 aliphatic carbocycles. The number of rotatable bonds is 9. The zero-order valence-corrected chi connectivity index (χ0v) is 24.0. The van der Waals surface area contributed by atoms with E-state index in [1.165, 1.54) is 33.3 Å². The van der Waals surface area contributed by atoms with Crippen LogP contribution in [0.3, 0.4) is 0 Å². The Bertz CT molecular complexity index is 1840. The molecule has 2 aromatic heterocycles. The van der Waals surface area contributed by atoms with Gasteiger partial charge < -0.3 is 10.4 Å². The zero-order valence-electron chi connectivity index (χ0n) is 22.4. The molecule has 3 N–H and O–H groups in total. The van der Waals surface area contributed by atoms with E-state index in [4.69, 9.17) is 0 Å². The minimum absolute atomic E-state index is 0.115. The van der Waals surface area contributed by atoms with Crippen LogP contribution in [0.1, 0.15) is 31.4 Å². The van der Waals surface area contributed by atoms with Crippen LogP contribution in [0.2, 0.25) is 0 Å². The third-order valence-electron chi connectivity index (χ3n) is 6.79. The number of aromatic nitrogens is 2. The van der Waals surface area contributed by atoms with Crippen molar-refractivity contribution in [1.82, 2.24) is 9.55 Å². The SMILES string of the molecule is CC(C)CCn1c(=O)c(C2=NS(=O)(=O)c3cc(N(CCc4ccccc4)S(=O)O)ccc3N2)c(O)c2cccnc21. The van der Waals surface area contributed by atoms with E-state index >= 15 is 0 Å². The second-order valence-corrected chi connectivity index (χ2v) is 12.5. The first-order valence-corrected chi connectivity index (χ1v) is 15.5. The predicted molar refractivity (Wildman–Crippen MR) is 159 cm³/mol. The van der Waals surface area contributed by atoms with E-state index in [9.17, 15) is 27.1 Å². The van der Waals surface area contributed by atoms with Crippen LogP contribution >= 0.6 is 0 Å². The van der Waals surface area contributed by atoms with E-state index in [0.717, 1.165) is 5.56 Å². The summed E-state index contributed by atoms with van der Waals surface area (Å²) in [6.45, 7) is 4.50. The molecule has 0 bridgehead atoms. The van der Waals surface area contributed by atoms with Crippen molar-refractivity contribution >= 4 is 49.5 Å². The number of aryl methyl sites for hydroxylation is 1. The van der Waals surface area contributed by atoms with Crippen molar-refractivity contribution in [1.29, 1.82) is 0 Å². The number of anilines is 2. The summed E-state index contributed by atoms with van der Waals surface area (Å²) in [5.41, 5.74) is 0.654. The van der Waals surface area contributed by atoms with Gasteiger partial charge in [-0.3, -0.25) is 18.2 Å². The van der Waals surface area contributed by atoms with E-state index < -0.39 is 32.6 Å². The number of nitrogens with zero attached hydrogens (tertiary/aromatic N) is 4. The van der Waals surface area contributed by atoms with E-state index in [2.05, 4.69) is 14.7 Å². The van der Waals surface area contributed by atoms with Crippen molar-refractivity contribution < 1.29 is 22.3 Å². The van der Waals surface area contributed by atoms with Gasteiger partial charge in [-0.25, -0.2) is 9.19 Å². The summed E-state index contributed by atoms with van der Waals surface area (Å²) in [5.74, 6) is -0.461. The lowest BCUT2D eigenvalue weighted by Gasteiger charge is -2.24. The lowest BCUT2D eigenvalue weighted by Crippen LogP contribution is -2.33. The second kappa shape index (κ2) is 11.4. The van der Waals surface area contributed by atoms with Crippen molar-refractivity contribution in [2.45, 2.75) is 38.1 Å². The predicted octanol–water partition coefficient (Wildman–Crippen LogP) is 3.90. The quantitative estimate of drug-likeness (QED) is 0.246. The fraction of sp³-hybridized carbons (Fsp3) is 0.250. The summed E-state index contributed by atoms with van der Waals surface area (Å²) < 4.78 is 55.3. The molecule has 13 heteroatoms. The van der Waals surface area contributed by atoms with E-state index in [-0.39, 0.29) is 51.2 Å². The Kier molecular flexibility index (Phi) is 7.93. The first-order chi connectivity index (χ1) is 19.6. The molecule has 5 rings (SSSR count). The molecule has 11 nitrogen and oxygen atoms in total. The van der Waals surface area contributed by atoms with E-state index in [0.29, 0.717) is 19.4 Å². The largest absolute Gasteiger partial charge is 0.506 e. The van der Waals surface area contributed by atoms with Crippen LogP contribution in [0, 0.1) is 5.92 Å². The van der Waals surface area contributed by atoms with Gasteiger partial charge in [0.1, 0.15) is 21.9 Å². The standard InChI is InChI=1S/C28H29N5O6S2/c1-18(2)12-15-32-27-21(9-6-14-29-27)25(34)24(28(32)35)26-30-22-11-10-20(17-23(22)41(38,39)31-26)33(40(36)37)16-13-19-7-4-3-5-8-19/h3-11,14,17-18,34H,12-13,15-16H2,1-2H3,(H,30,31)(H,36,37). The first-order valence-electron chi connectivity index (χ1n) is 13.0. The molecule has 0 amide bonds. The Labute approximate surface area is 239 Å². The van der Waals surface area contributed by atoms with Crippen LogP contribution in [-0.4, -0.2) is 44.2 Å². The molecule has 0 saturated carbocycles. The third kappa shape index (κ3) is 5.73. The number of nitrogens with one attached hydrogen (secondary N) is 1. The number of benzene rings is 2. The number of amidine groups is 1. The van der Waals surface area contributed by atoms with Gasteiger partial charge in [-0.2, -0.15) is 8.42 Å². The highest BCUT2D eigenvalue weighted by molar-refractivity contribution is 7.90. The number of sulfonamides is 1. The Morgan fingerprint density at radius 3 is 2.56 bits per heavy atom. The van der Waals surface area contributed by atoms with Crippen molar-refractivity contribution in [2.24, 2.45) is 10.3 Å². The molecule has 41 heavy (non-hydrogen) atoms. The maximum absolute atomic E-state index is 13.6. The lowest BCUT2D eigenvalue weighted by atomic mass is 10.1. The van der Waals surface area contributed by atoms with Gasteiger partial charge in [0.15, 0.2) is 5.84 Å². The van der Waals surface area contributed by atoms with Gasteiger partial charge in [-0.15, -0.1) is 4.40 Å². The average molecular weight is 596 g/mol. The van der Waals surface area contributed by atoms with Gasteiger partial charge in [-0.05, 0) is 54.7 Å². The number of fused-ring (bicyclic) bond motifs is 2. The average Bonchev–Trinajstić information content (AvgIpc) is 2.93. The molecule has 0 fully saturated rings. The van der Waals surface area contributed by atoms with Crippen LogP contribution in [0.15, 0.2) is 80.9 Å². The highest BCUT2D eigenvalue weighted by Gasteiger charge is 2.31. The van der Waals surface area contributed by atoms with Gasteiger partial charge in [0, 0.05) is 19.3 Å². The van der Waals surface area contributed by atoms with Crippen LogP contribution < -0.4 is 15.2 Å². The smallest absolute Gasteiger partial charge is 0.286 e. The zero-order chi connectivity index (χ0) is 29.3. The number of pyridine rings is 2. The highest BCUT2D eigenvalue weighted by atomic mass is 32.2. The van der Waals surface area contributed by atoms with Crippen LogP contribution in [0.5, 0.6) is 5.75 Å². The molecule has 1 unspecified atom stereocenters. The van der Waals surface area contributed by atoms with Crippen molar-refractivity contribution in [2.75, 3.05) is 16.2 Å². The molecule has 0 spiro atoms. The Morgan fingerprint density at radius 1 is 1.10 bits per heavy atom. The van der Waals surface area contributed by atoms with Gasteiger partial charge in [0.2, 0.25) is 0 Å². The molecular formula is C28H29N5O6S2. The molecule has 1 atom stereocenters. The lowest BCUT2D eigenvalue weighted by molar-refractivity contribution is 0.473. The molecular weight excluding hydrogens is 566 g/mol. The maximum Gasteiger partial charge on any atom is 0.286 e. The summed E-state index contributed by atoms with van der Waals surface area (Å²) in [7, 11) is -4.37. The molecule has 214 valence electrons. The molecule has 0 radical (unpaired) electrons. The monoisotopic (exact) mass is 595 g/mol. The number of hydrogen-bond donors (Lipinski definition) is 3. The topological polar surface area (TPSA) is 154 Å². The van der Waals surface area contributed by atoms with Crippen molar-refractivity contribution in [3.63, 3.8) is 0 Å². The Balaban J connectivity index is 1.54. The summed E-state index contributed by atoms with van der Waals surface area (Å²) >= 11 is -2.42. The fourth-order valence-corrected chi connectivity index (χ4v) is 6.34. The van der Waals surface area contributed by atoms with Gasteiger partial charge in [0.05, 0.1) is 16.8 Å². The first kappa shape index (κ1) is 28.5. The van der Waals surface area contributed by atoms with E-state index in [1.807, 2.05) is 44.2 Å². The number of hydrogen-bond acceptors (Lipinski definition) is 7. The minimum Gasteiger partial charge on any atom is -0.506 e. The minimum atomic E-state index is -4.37. The Morgan fingerprint density at radius 2 is 1.85 bits per heavy atom. The summed E-state index contributed by atoms with van der Waals surface area (Å²) in [5, 5.41) is 14.3. The fourth-order valence-electron chi connectivity index (χ4n) is 4.66. The van der Waals surface area contributed by atoms with Crippen LogP contribution in [0.25, 0.3) is 11.0 Å². The van der Waals surface area contributed by atoms with Crippen molar-refractivity contribution in [3.8, 4) is 5.75 Å². The summed E-state index contributed by atoms with van der Waals surface area (Å²) in [6.07, 6.45) is 2.63. The normalized spacial score (nSPS) is 14.8. The number of aromatic hydroxyl groups is 1. The second-order valence-electron chi connectivity index (χ2n) is 10.0. The third-order valence-corrected chi connectivity index (χ3v) is 8.88. The Hall–Kier alpha value is -4.07. The van der Waals surface area contributed by atoms with Crippen LogP contribution in [-0.2, 0) is 34.3 Å². The van der Waals surface area contributed by atoms with Gasteiger partial charge in [-0.1, -0.05) is 44.2 Å². The molecule has 3 heterocycles. The molecule has 2 aromatic carbocycles. The molecule has 1 aliphatic rings. The highest BCUT2D eigenvalue weighted by Crippen LogP contribution is 2.34. The molecule has 1 aliphatic heterocycles. The maximum atomic E-state index is 13.6. The summed E-state index contributed by atoms with van der Waals surface area (Å²) in [6, 6.07) is 16.8. The van der Waals surface area contributed by atoms with Gasteiger partial charge in [0.25, 0.3) is 26.8 Å². The van der Waals surface area contributed by atoms with Gasteiger partial charge >= 0.3 is 0 Å². The van der Waals surface area contributed by atoms with E-state index in [1.54, 1.807) is 12.1 Å². The molecule has 4 aromatic rings. The van der Waals surface area contributed by atoms with Crippen LogP contribution in [0.4, 0.5) is 11.4 Å². The van der Waals surface area contributed by atoms with Crippen molar-refractivity contribution in [3.05, 3.63) is 88.3 Å².